The Morgan fingerprint density at radius 3 is 1.70 bits per heavy atom. The first-order valence-corrected chi connectivity index (χ1v) is 3.99. The maximum atomic E-state index is 2.32. The predicted molar refractivity (Wildman–Crippen MR) is 43.4 cm³/mol. The van der Waals surface area contributed by atoms with Crippen LogP contribution in [0.2, 0.25) is 0 Å². The Morgan fingerprint density at radius 1 is 1.10 bits per heavy atom. The summed E-state index contributed by atoms with van der Waals surface area (Å²) in [5, 5.41) is 0. The second-order valence-corrected chi connectivity index (χ2v) is 2.59. The monoisotopic (exact) mass is 140 g/mol. The Balaban J connectivity index is 2.49. The zero-order chi connectivity index (χ0) is 7.56. The molecule has 1 aliphatic rings. The van der Waals surface area contributed by atoms with Gasteiger partial charge in [-0.1, -0.05) is 0 Å². The third-order valence-corrected chi connectivity index (χ3v) is 2.14. The van der Waals surface area contributed by atoms with Crippen molar-refractivity contribution in [2.75, 3.05) is 13.1 Å². The molecule has 2 nitrogen and oxygen atoms in total. The van der Waals surface area contributed by atoms with Crippen LogP contribution < -0.4 is 0 Å². The summed E-state index contributed by atoms with van der Waals surface area (Å²) in [4.78, 5) is 4.65. The maximum Gasteiger partial charge on any atom is 0.0977 e. The van der Waals surface area contributed by atoms with Gasteiger partial charge in [0.1, 0.15) is 0 Å². The van der Waals surface area contributed by atoms with Crippen LogP contribution in [0.4, 0.5) is 0 Å². The second-order valence-electron chi connectivity index (χ2n) is 2.59. The highest BCUT2D eigenvalue weighted by Gasteiger charge is 2.17. The molecule has 0 bridgehead atoms. The van der Waals surface area contributed by atoms with Gasteiger partial charge < -0.3 is 9.80 Å². The van der Waals surface area contributed by atoms with Crippen molar-refractivity contribution < 1.29 is 0 Å². The van der Waals surface area contributed by atoms with Gasteiger partial charge in [0.25, 0.3) is 0 Å². The van der Waals surface area contributed by atoms with E-state index in [9.17, 15) is 0 Å². The Labute approximate surface area is 63.1 Å². The molecular formula is C8H16N2. The van der Waals surface area contributed by atoms with E-state index in [2.05, 4.69) is 43.0 Å². The molecule has 0 radical (unpaired) electrons. The summed E-state index contributed by atoms with van der Waals surface area (Å²) in [6.45, 7) is 8.80. The molecule has 0 saturated heterocycles. The smallest absolute Gasteiger partial charge is 0.0977 e. The molecule has 0 amide bonds. The van der Waals surface area contributed by atoms with Gasteiger partial charge in [0.2, 0.25) is 0 Å². The lowest BCUT2D eigenvalue weighted by molar-refractivity contribution is 0.182. The molecule has 0 spiro atoms. The first-order valence-electron chi connectivity index (χ1n) is 3.99. The van der Waals surface area contributed by atoms with Crippen LogP contribution in [0.5, 0.6) is 0 Å². The van der Waals surface area contributed by atoms with E-state index >= 15 is 0 Å². The van der Waals surface area contributed by atoms with Crippen molar-refractivity contribution in [3.05, 3.63) is 12.4 Å². The van der Waals surface area contributed by atoms with Crippen molar-refractivity contribution in [2.45, 2.75) is 26.9 Å². The lowest BCUT2D eigenvalue weighted by atomic mass is 10.4. The molecule has 1 aliphatic heterocycles. The van der Waals surface area contributed by atoms with Crippen LogP contribution in [0.25, 0.3) is 0 Å². The minimum atomic E-state index is 0.565. The molecule has 0 unspecified atom stereocenters. The third-order valence-electron chi connectivity index (χ3n) is 2.14. The fourth-order valence-corrected chi connectivity index (χ4v) is 1.35. The highest BCUT2D eigenvalue weighted by Crippen LogP contribution is 2.13. The second kappa shape index (κ2) is 2.95. The number of rotatable bonds is 2. The number of nitrogens with zero attached hydrogens (tertiary/aromatic N) is 2. The third kappa shape index (κ3) is 1.11. The van der Waals surface area contributed by atoms with E-state index < -0.39 is 0 Å². The summed E-state index contributed by atoms with van der Waals surface area (Å²) in [6.07, 6.45) is 4.89. The van der Waals surface area contributed by atoms with Gasteiger partial charge >= 0.3 is 0 Å². The normalized spacial score (nSPS) is 19.1. The molecule has 0 aromatic heterocycles. The first kappa shape index (κ1) is 7.45. The zero-order valence-electron chi connectivity index (χ0n) is 7.04. The van der Waals surface area contributed by atoms with Crippen molar-refractivity contribution in [3.8, 4) is 0 Å². The van der Waals surface area contributed by atoms with E-state index in [0.717, 1.165) is 13.1 Å². The lowest BCUT2D eigenvalue weighted by Crippen LogP contribution is -2.35. The van der Waals surface area contributed by atoms with Gasteiger partial charge in [-0.05, 0) is 20.8 Å². The average Bonchev–Trinajstić information content (AvgIpc) is 2.30. The molecule has 1 rings (SSSR count). The van der Waals surface area contributed by atoms with Crippen LogP contribution in [0.15, 0.2) is 12.4 Å². The molecule has 0 aromatic rings. The molecule has 0 fully saturated rings. The summed E-state index contributed by atoms with van der Waals surface area (Å²) in [5.41, 5.74) is 0. The van der Waals surface area contributed by atoms with E-state index in [-0.39, 0.29) is 0 Å². The van der Waals surface area contributed by atoms with Gasteiger partial charge in [-0.15, -0.1) is 0 Å². The van der Waals surface area contributed by atoms with Gasteiger partial charge in [-0.3, -0.25) is 0 Å². The van der Waals surface area contributed by atoms with E-state index in [1.54, 1.807) is 0 Å². The molecule has 0 saturated carbocycles. The van der Waals surface area contributed by atoms with Gasteiger partial charge in [0.15, 0.2) is 0 Å². The number of hydrogen-bond donors (Lipinski definition) is 0. The lowest BCUT2D eigenvalue weighted by Gasteiger charge is -2.27. The Hall–Kier alpha value is -0.660. The molecule has 0 aromatic carbocycles. The van der Waals surface area contributed by atoms with Crippen LogP contribution in [-0.2, 0) is 0 Å². The van der Waals surface area contributed by atoms with Crippen molar-refractivity contribution in [2.24, 2.45) is 0 Å². The summed E-state index contributed by atoms with van der Waals surface area (Å²) in [6, 6.07) is 0. The Morgan fingerprint density at radius 2 is 1.50 bits per heavy atom. The van der Waals surface area contributed by atoms with Gasteiger partial charge in [0, 0.05) is 25.5 Å². The summed E-state index contributed by atoms with van der Waals surface area (Å²) < 4.78 is 0. The quantitative estimate of drug-likeness (QED) is 0.573. The molecule has 0 aliphatic carbocycles. The predicted octanol–water partition coefficient (Wildman–Crippen LogP) is 1.46. The summed E-state index contributed by atoms with van der Waals surface area (Å²) in [5.74, 6) is 0. The minimum absolute atomic E-state index is 0.565. The first-order chi connectivity index (χ1) is 4.79. The molecule has 1 heterocycles. The van der Waals surface area contributed by atoms with Crippen molar-refractivity contribution in [1.29, 1.82) is 0 Å². The van der Waals surface area contributed by atoms with Gasteiger partial charge in [0.05, 0.1) is 6.17 Å². The fourth-order valence-electron chi connectivity index (χ4n) is 1.35. The molecule has 2 heteroatoms. The highest BCUT2D eigenvalue weighted by atomic mass is 15.4. The van der Waals surface area contributed by atoms with Crippen molar-refractivity contribution >= 4 is 0 Å². The summed E-state index contributed by atoms with van der Waals surface area (Å²) in [7, 11) is 0. The molecule has 0 N–H and O–H groups in total. The molecule has 58 valence electrons. The number of hydrogen-bond acceptors (Lipinski definition) is 2. The minimum Gasteiger partial charge on any atom is -0.357 e. The van der Waals surface area contributed by atoms with Crippen molar-refractivity contribution in [1.82, 2.24) is 9.80 Å². The zero-order valence-corrected chi connectivity index (χ0v) is 7.04. The van der Waals surface area contributed by atoms with Crippen LogP contribution >= 0.6 is 0 Å². The van der Waals surface area contributed by atoms with Crippen LogP contribution in [0.1, 0.15) is 20.8 Å². The van der Waals surface area contributed by atoms with Crippen molar-refractivity contribution in [3.63, 3.8) is 0 Å². The molecule has 0 atom stereocenters. The van der Waals surface area contributed by atoms with Gasteiger partial charge in [-0.2, -0.15) is 0 Å². The highest BCUT2D eigenvalue weighted by molar-refractivity contribution is 4.94. The fraction of sp³-hybridized carbons (Fsp3) is 0.750. The van der Waals surface area contributed by atoms with Crippen LogP contribution in [0.3, 0.4) is 0 Å². The molecular weight excluding hydrogens is 124 g/mol. The largest absolute Gasteiger partial charge is 0.357 e. The van der Waals surface area contributed by atoms with E-state index in [4.69, 9.17) is 0 Å². The summed E-state index contributed by atoms with van der Waals surface area (Å²) >= 11 is 0. The van der Waals surface area contributed by atoms with Gasteiger partial charge in [-0.25, -0.2) is 0 Å². The van der Waals surface area contributed by atoms with E-state index in [1.165, 1.54) is 0 Å². The topological polar surface area (TPSA) is 6.48 Å². The molecule has 10 heavy (non-hydrogen) atoms. The van der Waals surface area contributed by atoms with E-state index in [1.807, 2.05) is 0 Å². The average molecular weight is 140 g/mol. The van der Waals surface area contributed by atoms with Crippen LogP contribution in [-0.4, -0.2) is 29.1 Å². The van der Waals surface area contributed by atoms with E-state index in [0.29, 0.717) is 6.17 Å². The Kier molecular flexibility index (Phi) is 2.20. The SMILES string of the molecule is CCN1C=CN(CC)C1C. The standard InChI is InChI=1S/C8H16N2/c1-4-9-6-7-10(5-2)8(9)3/h6-8H,4-5H2,1-3H3. The van der Waals surface area contributed by atoms with Crippen LogP contribution in [0, 0.1) is 0 Å². The maximum absolute atomic E-state index is 2.32. The Bertz CT molecular complexity index is 117.